The quantitative estimate of drug-likeness (QED) is 0.462. The molecule has 1 rings (SSSR count). The van der Waals surface area contributed by atoms with Gasteiger partial charge in [0.1, 0.15) is 6.07 Å². The number of allylic oxidation sites excluding steroid dienone is 1. The smallest absolute Gasteiger partial charge is 0.213 e. The van der Waals surface area contributed by atoms with Gasteiger partial charge in [0.2, 0.25) is 6.19 Å². The van der Waals surface area contributed by atoms with Crippen LogP contribution in [0.3, 0.4) is 0 Å². The molecule has 50 valence electrons. The van der Waals surface area contributed by atoms with Crippen molar-refractivity contribution in [3.63, 3.8) is 0 Å². The molecule has 0 saturated heterocycles. The molecule has 0 radical (unpaired) electrons. The van der Waals surface area contributed by atoms with E-state index in [2.05, 4.69) is 4.94 Å². The van der Waals surface area contributed by atoms with Crippen molar-refractivity contribution >= 4 is 0 Å². The molecule has 0 saturated carbocycles. The van der Waals surface area contributed by atoms with Crippen molar-refractivity contribution < 1.29 is 10.1 Å². The maximum Gasteiger partial charge on any atom is 0.213 e. The van der Waals surface area contributed by atoms with E-state index < -0.39 is 0 Å². The van der Waals surface area contributed by atoms with Crippen LogP contribution in [0.5, 0.6) is 0 Å². The summed E-state index contributed by atoms with van der Waals surface area (Å²) in [4.78, 5) is 4.26. The van der Waals surface area contributed by atoms with Gasteiger partial charge in [-0.3, -0.25) is 5.21 Å². The molecule has 0 spiro atoms. The van der Waals surface area contributed by atoms with Gasteiger partial charge >= 0.3 is 0 Å². The molecule has 0 fully saturated rings. The summed E-state index contributed by atoms with van der Waals surface area (Å²) in [6, 6.07) is 1.63. The average Bonchev–Trinajstić information content (AvgIpc) is 2.30. The van der Waals surface area contributed by atoms with Gasteiger partial charge in [-0.25, -0.2) is 0 Å². The van der Waals surface area contributed by atoms with Gasteiger partial charge in [-0.15, -0.1) is 15.2 Å². The Hall–Kier alpha value is -1.76. The zero-order valence-corrected chi connectivity index (χ0v) is 4.72. The first-order valence-corrected chi connectivity index (χ1v) is 2.26. The molecule has 1 aliphatic heterocycles. The van der Waals surface area contributed by atoms with Crippen LogP contribution in [0, 0.1) is 22.8 Å². The Labute approximate surface area is 56.2 Å². The van der Waals surface area contributed by atoms with Crippen molar-refractivity contribution in [1.82, 2.24) is 10.3 Å². The molecule has 1 aliphatic rings. The fraction of sp³-hybridized carbons (Fsp3) is 0. The van der Waals surface area contributed by atoms with Crippen LogP contribution in [0.4, 0.5) is 0 Å². The molecular weight excluding hydrogens is 136 g/mol. The van der Waals surface area contributed by atoms with E-state index in [1.54, 1.807) is 6.07 Å². The summed E-state index contributed by atoms with van der Waals surface area (Å²) >= 11 is 0. The second kappa shape index (κ2) is 2.23. The predicted octanol–water partition coefficient (Wildman–Crippen LogP) is -0.314. The van der Waals surface area contributed by atoms with E-state index in [-0.39, 0.29) is 10.9 Å². The third-order valence-electron chi connectivity index (χ3n) is 0.822. The van der Waals surface area contributed by atoms with Crippen LogP contribution in [0.15, 0.2) is 11.9 Å². The van der Waals surface area contributed by atoms with Gasteiger partial charge < -0.3 is 0 Å². The second-order valence-electron chi connectivity index (χ2n) is 1.40. The highest BCUT2D eigenvalue weighted by Gasteiger charge is 2.20. The van der Waals surface area contributed by atoms with E-state index in [9.17, 15) is 0 Å². The lowest BCUT2D eigenvalue weighted by Crippen LogP contribution is -2.16. The monoisotopic (exact) mass is 138 g/mol. The van der Waals surface area contributed by atoms with Crippen LogP contribution in [-0.2, 0) is 4.94 Å². The van der Waals surface area contributed by atoms with Gasteiger partial charge in [-0.1, -0.05) is 0 Å². The average molecular weight is 138 g/mol. The van der Waals surface area contributed by atoms with Crippen molar-refractivity contribution in [3.8, 4) is 12.3 Å². The van der Waals surface area contributed by atoms with Gasteiger partial charge in [-0.2, -0.15) is 10.5 Å². The molecule has 0 aromatic rings. The third-order valence-corrected chi connectivity index (χ3v) is 0.822. The Morgan fingerprint density at radius 2 is 2.30 bits per heavy atom. The molecule has 6 nitrogen and oxygen atoms in total. The number of hydroxylamine groups is 4. The highest BCUT2D eigenvalue weighted by Crippen LogP contribution is 2.12. The predicted molar refractivity (Wildman–Crippen MR) is 25.9 cm³/mol. The maximum absolute atomic E-state index is 8.52. The van der Waals surface area contributed by atoms with Crippen molar-refractivity contribution in [2.24, 2.45) is 0 Å². The Balaban J connectivity index is 2.80. The highest BCUT2D eigenvalue weighted by atomic mass is 17.0. The Kier molecular flexibility index (Phi) is 1.42. The maximum atomic E-state index is 8.52. The minimum Gasteiger partial charge on any atom is -0.262 e. The molecule has 10 heavy (non-hydrogen) atoms. The SMILES string of the molecule is N#CC1=CN(O)ON1C#N. The number of nitrogens with zero attached hydrogens (tertiary/aromatic N) is 4. The summed E-state index contributed by atoms with van der Waals surface area (Å²) in [5.41, 5.74) is -0.0648. The van der Waals surface area contributed by atoms with Crippen molar-refractivity contribution in [3.05, 3.63) is 11.9 Å². The van der Waals surface area contributed by atoms with Crippen molar-refractivity contribution in [2.45, 2.75) is 0 Å². The van der Waals surface area contributed by atoms with E-state index in [4.69, 9.17) is 15.7 Å². The summed E-state index contributed by atoms with van der Waals surface area (Å²) in [5.74, 6) is 0. The number of hydrogen-bond donors (Lipinski definition) is 1. The van der Waals surface area contributed by atoms with Crippen LogP contribution in [0.25, 0.3) is 0 Å². The first-order chi connectivity index (χ1) is 4.77. The number of rotatable bonds is 0. The van der Waals surface area contributed by atoms with E-state index in [1.165, 1.54) is 6.19 Å². The van der Waals surface area contributed by atoms with Crippen LogP contribution < -0.4 is 0 Å². The number of hydrogen-bond acceptors (Lipinski definition) is 6. The zero-order chi connectivity index (χ0) is 7.56. The fourth-order valence-corrected chi connectivity index (χ4v) is 0.455. The molecule has 0 aliphatic carbocycles. The molecule has 1 heterocycles. The molecule has 0 atom stereocenters. The summed E-state index contributed by atoms with van der Waals surface area (Å²) in [6.07, 6.45) is 2.49. The van der Waals surface area contributed by atoms with E-state index >= 15 is 0 Å². The van der Waals surface area contributed by atoms with E-state index in [1.807, 2.05) is 0 Å². The largest absolute Gasteiger partial charge is 0.262 e. The highest BCUT2D eigenvalue weighted by molar-refractivity contribution is 5.20. The minimum atomic E-state index is -0.0648. The van der Waals surface area contributed by atoms with Crippen LogP contribution in [-0.4, -0.2) is 15.5 Å². The van der Waals surface area contributed by atoms with Gasteiger partial charge in [0, 0.05) is 0 Å². The molecule has 6 heteroatoms. The Morgan fingerprint density at radius 1 is 1.60 bits per heavy atom. The zero-order valence-electron chi connectivity index (χ0n) is 4.72. The van der Waals surface area contributed by atoms with E-state index in [0.717, 1.165) is 6.20 Å². The van der Waals surface area contributed by atoms with Crippen molar-refractivity contribution in [1.29, 1.82) is 10.5 Å². The summed E-state index contributed by atoms with van der Waals surface area (Å²) in [6.45, 7) is 0. The molecule has 0 bridgehead atoms. The molecule has 0 aromatic carbocycles. The Morgan fingerprint density at radius 3 is 2.70 bits per heavy atom. The third kappa shape index (κ3) is 0.845. The summed E-state index contributed by atoms with van der Waals surface area (Å²) < 4.78 is 0. The summed E-state index contributed by atoms with van der Waals surface area (Å²) in [5, 5.41) is 25.8. The van der Waals surface area contributed by atoms with Crippen LogP contribution in [0.1, 0.15) is 0 Å². The van der Waals surface area contributed by atoms with E-state index in [0.29, 0.717) is 5.06 Å². The van der Waals surface area contributed by atoms with Gasteiger partial charge in [0.25, 0.3) is 0 Å². The topological polar surface area (TPSA) is 83.5 Å². The second-order valence-corrected chi connectivity index (χ2v) is 1.40. The lowest BCUT2D eigenvalue weighted by Gasteiger charge is -2.05. The fourth-order valence-electron chi connectivity index (χ4n) is 0.455. The van der Waals surface area contributed by atoms with Gasteiger partial charge in [0.15, 0.2) is 5.70 Å². The molecule has 0 aromatic heterocycles. The first-order valence-electron chi connectivity index (χ1n) is 2.26. The molecule has 0 unspecified atom stereocenters. The molecule has 0 amide bonds. The van der Waals surface area contributed by atoms with Gasteiger partial charge in [0.05, 0.1) is 6.20 Å². The lowest BCUT2D eigenvalue weighted by molar-refractivity contribution is -0.366. The molecular formula is C4H2N4O2. The first kappa shape index (κ1) is 6.36. The van der Waals surface area contributed by atoms with Crippen LogP contribution >= 0.6 is 0 Å². The number of nitriles is 2. The molecule has 1 N–H and O–H groups in total. The standard InChI is InChI=1S/C4H2N4O2/c5-1-4-2-8(9)10-7(4)3-6/h2,9H. The Bertz CT molecular complexity index is 247. The minimum absolute atomic E-state index is 0.0648. The van der Waals surface area contributed by atoms with Crippen molar-refractivity contribution in [2.75, 3.05) is 0 Å². The van der Waals surface area contributed by atoms with Gasteiger partial charge in [-0.05, 0) is 0 Å². The summed E-state index contributed by atoms with van der Waals surface area (Å²) in [7, 11) is 0. The lowest BCUT2D eigenvalue weighted by atomic mass is 10.5. The van der Waals surface area contributed by atoms with Crippen LogP contribution in [0.2, 0.25) is 0 Å². The normalized spacial score (nSPS) is 16.1.